The first kappa shape index (κ1) is 14.5. The minimum atomic E-state index is -0.533. The van der Waals surface area contributed by atoms with Crippen LogP contribution in [0.5, 0.6) is 0 Å². The van der Waals surface area contributed by atoms with Crippen molar-refractivity contribution in [3.63, 3.8) is 0 Å². The molecular weight excluding hydrogens is 276 g/mol. The highest BCUT2D eigenvalue weighted by atomic mass is 35.5. The van der Waals surface area contributed by atoms with Crippen LogP contribution >= 0.6 is 11.6 Å². The third-order valence-electron chi connectivity index (χ3n) is 2.97. The highest BCUT2D eigenvalue weighted by molar-refractivity contribution is 6.28. The number of hydrogen-bond donors (Lipinski definition) is 0. The van der Waals surface area contributed by atoms with Crippen LogP contribution in [0.4, 0.5) is 0 Å². The van der Waals surface area contributed by atoms with Crippen molar-refractivity contribution in [2.45, 2.75) is 19.8 Å². The SMILES string of the molecule is COC(=O)c1cc(-c2ccc(C(C)C)cc2)nc(Cl)n1. The molecule has 1 heterocycles. The van der Waals surface area contributed by atoms with Gasteiger partial charge in [0.05, 0.1) is 12.8 Å². The van der Waals surface area contributed by atoms with Gasteiger partial charge in [0.1, 0.15) is 0 Å². The molecule has 0 bridgehead atoms. The molecule has 0 aliphatic rings. The maximum absolute atomic E-state index is 11.5. The van der Waals surface area contributed by atoms with Crippen LogP contribution in [-0.2, 0) is 4.74 Å². The number of carbonyl (C=O) groups is 1. The van der Waals surface area contributed by atoms with Gasteiger partial charge in [0.15, 0.2) is 5.69 Å². The molecule has 0 atom stereocenters. The Bertz CT molecular complexity index is 624. The second-order valence-corrected chi connectivity index (χ2v) is 5.01. The van der Waals surface area contributed by atoms with Crippen molar-refractivity contribution < 1.29 is 9.53 Å². The number of carbonyl (C=O) groups excluding carboxylic acids is 1. The highest BCUT2D eigenvalue weighted by Gasteiger charge is 2.12. The normalized spacial score (nSPS) is 10.7. The Kier molecular flexibility index (Phi) is 4.35. The molecule has 20 heavy (non-hydrogen) atoms. The molecule has 1 aromatic heterocycles. The molecule has 0 spiro atoms. The number of hydrogen-bond acceptors (Lipinski definition) is 4. The molecule has 0 saturated heterocycles. The van der Waals surface area contributed by atoms with E-state index in [4.69, 9.17) is 11.6 Å². The Morgan fingerprint density at radius 3 is 2.40 bits per heavy atom. The second kappa shape index (κ2) is 6.01. The van der Waals surface area contributed by atoms with Crippen molar-refractivity contribution in [2.75, 3.05) is 7.11 Å². The standard InChI is InChI=1S/C15H15ClN2O2/c1-9(2)10-4-6-11(7-5-10)12-8-13(14(19)20-3)18-15(16)17-12/h4-9H,1-3H3. The van der Waals surface area contributed by atoms with E-state index in [-0.39, 0.29) is 11.0 Å². The van der Waals surface area contributed by atoms with Crippen LogP contribution in [0.3, 0.4) is 0 Å². The molecule has 0 saturated carbocycles. The molecule has 4 nitrogen and oxygen atoms in total. The van der Waals surface area contributed by atoms with Crippen molar-refractivity contribution in [1.82, 2.24) is 9.97 Å². The summed E-state index contributed by atoms with van der Waals surface area (Å²) in [6.07, 6.45) is 0. The van der Waals surface area contributed by atoms with E-state index in [2.05, 4.69) is 28.6 Å². The van der Waals surface area contributed by atoms with Crippen molar-refractivity contribution in [2.24, 2.45) is 0 Å². The summed E-state index contributed by atoms with van der Waals surface area (Å²) in [4.78, 5) is 19.5. The van der Waals surface area contributed by atoms with Crippen molar-refractivity contribution >= 4 is 17.6 Å². The van der Waals surface area contributed by atoms with E-state index in [1.807, 2.05) is 24.3 Å². The predicted molar refractivity (Wildman–Crippen MR) is 77.9 cm³/mol. The Morgan fingerprint density at radius 2 is 1.85 bits per heavy atom. The third-order valence-corrected chi connectivity index (χ3v) is 3.14. The van der Waals surface area contributed by atoms with E-state index in [0.717, 1.165) is 5.56 Å². The van der Waals surface area contributed by atoms with Crippen molar-refractivity contribution in [3.05, 3.63) is 46.9 Å². The molecule has 104 valence electrons. The Labute approximate surface area is 122 Å². The first-order valence-corrected chi connectivity index (χ1v) is 6.62. The zero-order valence-corrected chi connectivity index (χ0v) is 12.3. The maximum atomic E-state index is 11.5. The van der Waals surface area contributed by atoms with Gasteiger partial charge in [-0.25, -0.2) is 14.8 Å². The molecule has 0 amide bonds. The van der Waals surface area contributed by atoms with Gasteiger partial charge in [-0.2, -0.15) is 0 Å². The van der Waals surface area contributed by atoms with Crippen LogP contribution in [0, 0.1) is 0 Å². The summed E-state index contributed by atoms with van der Waals surface area (Å²) in [6.45, 7) is 4.26. The summed E-state index contributed by atoms with van der Waals surface area (Å²) < 4.78 is 4.64. The third kappa shape index (κ3) is 3.14. The van der Waals surface area contributed by atoms with Gasteiger partial charge in [-0.1, -0.05) is 38.1 Å². The molecular formula is C15H15ClN2O2. The molecule has 2 aromatic rings. The first-order chi connectivity index (χ1) is 9.51. The number of rotatable bonds is 3. The average molecular weight is 291 g/mol. The molecule has 1 aromatic carbocycles. The largest absolute Gasteiger partial charge is 0.464 e. The van der Waals surface area contributed by atoms with Gasteiger partial charge < -0.3 is 4.74 Å². The summed E-state index contributed by atoms with van der Waals surface area (Å²) in [5.41, 5.74) is 2.86. The topological polar surface area (TPSA) is 52.1 Å². The monoisotopic (exact) mass is 290 g/mol. The van der Waals surface area contributed by atoms with Gasteiger partial charge in [-0.05, 0) is 29.1 Å². The van der Waals surface area contributed by atoms with Gasteiger partial charge in [0.2, 0.25) is 5.28 Å². The average Bonchev–Trinajstić information content (AvgIpc) is 2.45. The molecule has 5 heteroatoms. The number of ether oxygens (including phenoxy) is 1. The highest BCUT2D eigenvalue weighted by Crippen LogP contribution is 2.22. The number of benzene rings is 1. The van der Waals surface area contributed by atoms with Crippen LogP contribution in [0.2, 0.25) is 5.28 Å². The van der Waals surface area contributed by atoms with E-state index in [9.17, 15) is 4.79 Å². The van der Waals surface area contributed by atoms with Crippen LogP contribution in [0.25, 0.3) is 11.3 Å². The van der Waals surface area contributed by atoms with E-state index >= 15 is 0 Å². The Hall–Kier alpha value is -1.94. The molecule has 0 N–H and O–H groups in total. The van der Waals surface area contributed by atoms with Gasteiger partial charge in [-0.3, -0.25) is 0 Å². The lowest BCUT2D eigenvalue weighted by molar-refractivity contribution is 0.0594. The van der Waals surface area contributed by atoms with E-state index < -0.39 is 5.97 Å². The number of esters is 1. The quantitative estimate of drug-likeness (QED) is 0.639. The minimum absolute atomic E-state index is 0.0239. The van der Waals surface area contributed by atoms with Gasteiger partial charge in [0.25, 0.3) is 0 Å². The van der Waals surface area contributed by atoms with Crippen LogP contribution < -0.4 is 0 Å². The van der Waals surface area contributed by atoms with Crippen LogP contribution in [0.1, 0.15) is 35.8 Å². The second-order valence-electron chi connectivity index (χ2n) is 4.68. The smallest absolute Gasteiger partial charge is 0.356 e. The van der Waals surface area contributed by atoms with Gasteiger partial charge >= 0.3 is 5.97 Å². The fraction of sp³-hybridized carbons (Fsp3) is 0.267. The lowest BCUT2D eigenvalue weighted by atomic mass is 10.0. The predicted octanol–water partition coefficient (Wildman–Crippen LogP) is 3.71. The number of halogens is 1. The van der Waals surface area contributed by atoms with E-state index in [1.165, 1.54) is 12.7 Å². The summed E-state index contributed by atoms with van der Waals surface area (Å²) >= 11 is 5.85. The number of aromatic nitrogens is 2. The summed E-state index contributed by atoms with van der Waals surface area (Å²) in [5, 5.41) is 0.0239. The van der Waals surface area contributed by atoms with Gasteiger partial charge in [0, 0.05) is 5.56 Å². The lowest BCUT2D eigenvalue weighted by Crippen LogP contribution is -2.05. The molecule has 2 rings (SSSR count). The number of nitrogens with zero attached hydrogens (tertiary/aromatic N) is 2. The summed E-state index contributed by atoms with van der Waals surface area (Å²) in [7, 11) is 1.30. The van der Waals surface area contributed by atoms with Crippen LogP contribution in [0.15, 0.2) is 30.3 Å². The Balaban J connectivity index is 2.41. The lowest BCUT2D eigenvalue weighted by Gasteiger charge is -2.07. The summed E-state index contributed by atoms with van der Waals surface area (Å²) in [6, 6.07) is 9.55. The molecule has 0 aliphatic carbocycles. The van der Waals surface area contributed by atoms with E-state index in [0.29, 0.717) is 11.6 Å². The number of methoxy groups -OCH3 is 1. The fourth-order valence-electron chi connectivity index (χ4n) is 1.81. The summed E-state index contributed by atoms with van der Waals surface area (Å²) in [5.74, 6) is -0.0713. The zero-order valence-electron chi connectivity index (χ0n) is 11.6. The molecule has 0 radical (unpaired) electrons. The van der Waals surface area contributed by atoms with E-state index in [1.54, 1.807) is 6.07 Å². The minimum Gasteiger partial charge on any atom is -0.464 e. The molecule has 0 unspecified atom stereocenters. The van der Waals surface area contributed by atoms with Gasteiger partial charge in [-0.15, -0.1) is 0 Å². The maximum Gasteiger partial charge on any atom is 0.356 e. The molecule has 0 aliphatic heterocycles. The van der Waals surface area contributed by atoms with Crippen molar-refractivity contribution in [1.29, 1.82) is 0 Å². The molecule has 0 fully saturated rings. The zero-order chi connectivity index (χ0) is 14.7. The Morgan fingerprint density at radius 1 is 1.20 bits per heavy atom. The van der Waals surface area contributed by atoms with Crippen molar-refractivity contribution in [3.8, 4) is 11.3 Å². The van der Waals surface area contributed by atoms with Crippen LogP contribution in [-0.4, -0.2) is 23.0 Å². The first-order valence-electron chi connectivity index (χ1n) is 6.24. The fourth-order valence-corrected chi connectivity index (χ4v) is 2.00.